The molecule has 2 aromatic carbocycles. The Labute approximate surface area is 269 Å². The van der Waals surface area contributed by atoms with Crippen molar-refractivity contribution >= 4 is 27.5 Å². The van der Waals surface area contributed by atoms with Gasteiger partial charge in [0.1, 0.15) is 34.2 Å². The number of pyridine rings is 1. The van der Waals surface area contributed by atoms with Crippen LogP contribution in [-0.4, -0.2) is 81.4 Å². The Morgan fingerprint density at radius 2 is 1.89 bits per heavy atom. The van der Waals surface area contributed by atoms with E-state index >= 15 is 4.39 Å². The number of β-amino-alcohol motifs (C(OH)–C–C–N with tert-alkyl or cyclic N) is 1. The van der Waals surface area contributed by atoms with Gasteiger partial charge in [-0.3, -0.25) is 4.98 Å². The molecule has 246 valence electrons. The van der Waals surface area contributed by atoms with E-state index in [0.29, 0.717) is 18.0 Å². The number of terminal acetylenes is 1. The maximum atomic E-state index is 16.8. The van der Waals surface area contributed by atoms with Gasteiger partial charge >= 0.3 is 6.01 Å². The lowest BCUT2D eigenvalue weighted by molar-refractivity contribution is -0.102. The Hall–Kier alpha value is -4.21. The molecule has 12 heteroatoms. The Morgan fingerprint density at radius 3 is 2.68 bits per heavy atom. The molecule has 1 unspecified atom stereocenters. The fourth-order valence-corrected chi connectivity index (χ4v) is 8.08. The molecule has 1 saturated carbocycles. The predicted molar refractivity (Wildman–Crippen MR) is 170 cm³/mol. The van der Waals surface area contributed by atoms with Crippen LogP contribution < -0.4 is 9.64 Å². The molecule has 0 bridgehead atoms. The van der Waals surface area contributed by atoms with Crippen LogP contribution in [0.15, 0.2) is 30.5 Å². The Bertz CT molecular complexity index is 1920. The quantitative estimate of drug-likeness (QED) is 0.193. The van der Waals surface area contributed by atoms with Crippen molar-refractivity contribution in [2.24, 2.45) is 5.41 Å². The van der Waals surface area contributed by atoms with E-state index in [0.717, 1.165) is 38.6 Å². The highest BCUT2D eigenvalue weighted by atomic mass is 19.3. The zero-order valence-corrected chi connectivity index (χ0v) is 25.9. The molecule has 0 radical (unpaired) electrons. The van der Waals surface area contributed by atoms with E-state index in [9.17, 15) is 23.4 Å². The summed E-state index contributed by atoms with van der Waals surface area (Å²) in [5.74, 6) is 0.621. The van der Waals surface area contributed by atoms with Gasteiger partial charge < -0.3 is 24.7 Å². The number of benzene rings is 2. The summed E-state index contributed by atoms with van der Waals surface area (Å²) < 4.78 is 65.8. The first-order valence-electron chi connectivity index (χ1n) is 15.9. The van der Waals surface area contributed by atoms with Gasteiger partial charge in [-0.05, 0) is 75.7 Å². The van der Waals surface area contributed by atoms with Crippen LogP contribution in [0.3, 0.4) is 0 Å². The Kier molecular flexibility index (Phi) is 7.88. The minimum Gasteiger partial charge on any atom is -0.508 e. The van der Waals surface area contributed by atoms with Crippen molar-refractivity contribution < 1.29 is 32.5 Å². The average Bonchev–Trinajstić information content (AvgIpc) is 3.49. The van der Waals surface area contributed by atoms with E-state index in [-0.39, 0.29) is 75.5 Å². The molecule has 4 aromatic rings. The average molecular weight is 650 g/mol. The van der Waals surface area contributed by atoms with Gasteiger partial charge in [-0.1, -0.05) is 18.4 Å². The Morgan fingerprint density at radius 1 is 1.11 bits per heavy atom. The first kappa shape index (κ1) is 31.4. The van der Waals surface area contributed by atoms with Crippen LogP contribution >= 0.6 is 0 Å². The van der Waals surface area contributed by atoms with Gasteiger partial charge in [0.25, 0.3) is 6.43 Å². The number of aromatic hydroxyl groups is 1. The maximum Gasteiger partial charge on any atom is 0.319 e. The monoisotopic (exact) mass is 649 g/mol. The number of hydrogen-bond acceptors (Lipinski definition) is 8. The minimum absolute atomic E-state index is 0.0532. The number of piperidine rings is 2. The molecule has 2 N–H and O–H groups in total. The third-order valence-corrected chi connectivity index (χ3v) is 10.4. The summed E-state index contributed by atoms with van der Waals surface area (Å²) in [7, 11) is 2.11. The standard InChI is InChI=1S/C35H35F4N5O3/c1-3-22-25(36)9-8-20-15-21(45)16-23(27(20)22)29-28(37)30-24(17-40-29)31(44-14-6-12-35(46,18-44)32(38)39)42-33(41-30)47-19-34-10-4-7-26(34)43(2)13-5-11-34/h1,8-9,15-17,26,32,45-46H,4-7,10-14,18-19H2,2H3/t26-,34-,35?/m1/s1. The highest BCUT2D eigenvalue weighted by Gasteiger charge is 2.48. The van der Waals surface area contributed by atoms with Crippen molar-refractivity contribution in [1.29, 1.82) is 0 Å². The van der Waals surface area contributed by atoms with Gasteiger partial charge in [0.15, 0.2) is 5.82 Å². The molecule has 7 rings (SSSR count). The summed E-state index contributed by atoms with van der Waals surface area (Å²) in [6, 6.07) is 5.45. The number of aliphatic hydroxyl groups is 1. The van der Waals surface area contributed by atoms with Crippen LogP contribution in [0.5, 0.6) is 11.8 Å². The summed E-state index contributed by atoms with van der Waals surface area (Å²) >= 11 is 0. The molecule has 2 aliphatic heterocycles. The van der Waals surface area contributed by atoms with E-state index in [1.165, 1.54) is 35.4 Å². The largest absolute Gasteiger partial charge is 0.508 e. The molecule has 2 saturated heterocycles. The number of phenols is 1. The highest BCUT2D eigenvalue weighted by Crippen LogP contribution is 2.48. The van der Waals surface area contributed by atoms with Crippen molar-refractivity contribution in [3.05, 3.63) is 47.7 Å². The van der Waals surface area contributed by atoms with Crippen LogP contribution in [0.25, 0.3) is 32.9 Å². The number of nitrogens with zero attached hydrogens (tertiary/aromatic N) is 5. The second kappa shape index (κ2) is 11.8. The van der Waals surface area contributed by atoms with E-state index in [4.69, 9.17) is 11.2 Å². The molecule has 2 aromatic heterocycles. The topological polar surface area (TPSA) is 94.8 Å². The minimum atomic E-state index is -3.00. The number of anilines is 1. The molecular formula is C35H35F4N5O3. The maximum absolute atomic E-state index is 16.8. The number of ether oxygens (including phenoxy) is 1. The number of fused-ring (bicyclic) bond motifs is 3. The van der Waals surface area contributed by atoms with Crippen molar-refractivity contribution in [2.45, 2.75) is 63.0 Å². The molecule has 8 nitrogen and oxygen atoms in total. The zero-order chi connectivity index (χ0) is 33.1. The molecule has 3 aliphatic rings. The number of alkyl halides is 2. The van der Waals surface area contributed by atoms with Crippen molar-refractivity contribution in [2.75, 3.05) is 38.2 Å². The number of rotatable bonds is 6. The second-order valence-electron chi connectivity index (χ2n) is 13.2. The fourth-order valence-electron chi connectivity index (χ4n) is 8.08. The summed E-state index contributed by atoms with van der Waals surface area (Å²) in [6.07, 6.45) is 9.18. The van der Waals surface area contributed by atoms with Gasteiger partial charge in [-0.2, -0.15) is 9.97 Å². The summed E-state index contributed by atoms with van der Waals surface area (Å²) in [5, 5.41) is 21.9. The van der Waals surface area contributed by atoms with Crippen LogP contribution in [0.4, 0.5) is 23.4 Å². The summed E-state index contributed by atoms with van der Waals surface area (Å²) in [5.41, 5.74) is -2.91. The van der Waals surface area contributed by atoms with Gasteiger partial charge in [0, 0.05) is 35.1 Å². The lowest BCUT2D eigenvalue weighted by Gasteiger charge is -2.44. The van der Waals surface area contributed by atoms with E-state index in [1.807, 2.05) is 0 Å². The van der Waals surface area contributed by atoms with Crippen LogP contribution in [0, 0.1) is 29.4 Å². The van der Waals surface area contributed by atoms with Crippen molar-refractivity contribution in [3.8, 4) is 35.4 Å². The molecule has 3 atom stereocenters. The van der Waals surface area contributed by atoms with Crippen LogP contribution in [0.1, 0.15) is 50.5 Å². The smallest absolute Gasteiger partial charge is 0.319 e. The number of halogens is 4. The number of aromatic nitrogens is 3. The number of phenolic OH excluding ortho intramolecular Hbond substituents is 1. The lowest BCUT2D eigenvalue weighted by atomic mass is 9.76. The third kappa shape index (κ3) is 5.29. The van der Waals surface area contributed by atoms with Crippen molar-refractivity contribution in [3.63, 3.8) is 0 Å². The highest BCUT2D eigenvalue weighted by molar-refractivity contribution is 6.03. The predicted octanol–water partition coefficient (Wildman–Crippen LogP) is 6.05. The number of likely N-dealkylation sites (tertiary alicyclic amines) is 1. The third-order valence-electron chi connectivity index (χ3n) is 10.4. The molecule has 47 heavy (non-hydrogen) atoms. The molecule has 0 spiro atoms. The molecule has 0 amide bonds. The zero-order valence-electron chi connectivity index (χ0n) is 25.9. The van der Waals surface area contributed by atoms with Gasteiger partial charge in [-0.15, -0.1) is 6.42 Å². The first-order valence-corrected chi connectivity index (χ1v) is 15.9. The molecule has 1 aliphatic carbocycles. The molecular weight excluding hydrogens is 614 g/mol. The van der Waals surface area contributed by atoms with E-state index in [2.05, 4.69) is 32.8 Å². The number of hydrogen-bond donors (Lipinski definition) is 2. The van der Waals surface area contributed by atoms with Crippen molar-refractivity contribution in [1.82, 2.24) is 19.9 Å². The van der Waals surface area contributed by atoms with E-state index in [1.54, 1.807) is 0 Å². The lowest BCUT2D eigenvalue weighted by Crippen LogP contribution is -2.53. The van der Waals surface area contributed by atoms with Crippen LogP contribution in [0.2, 0.25) is 0 Å². The molecule has 3 fully saturated rings. The summed E-state index contributed by atoms with van der Waals surface area (Å²) in [6.45, 7) is 1.15. The normalized spacial score (nSPS) is 25.0. The SMILES string of the molecule is C#Cc1c(F)ccc2cc(O)cc(-c3ncc4c(N5CCCC(O)(C(F)F)C5)nc(OC[C@]56CCC[C@H]5N(C)CCC6)nc4c3F)c12. The van der Waals surface area contributed by atoms with Gasteiger partial charge in [0.05, 0.1) is 24.1 Å². The fraction of sp³-hybridized carbons (Fsp3) is 0.457. The van der Waals surface area contributed by atoms with Gasteiger partial charge in [0.2, 0.25) is 0 Å². The van der Waals surface area contributed by atoms with E-state index < -0.39 is 30.2 Å². The van der Waals surface area contributed by atoms with Gasteiger partial charge in [-0.25, -0.2) is 17.6 Å². The summed E-state index contributed by atoms with van der Waals surface area (Å²) in [4.78, 5) is 17.3. The first-order chi connectivity index (χ1) is 22.5. The molecule has 4 heterocycles. The second-order valence-corrected chi connectivity index (χ2v) is 13.2. The Balaban J connectivity index is 1.38. The van der Waals surface area contributed by atoms with Crippen LogP contribution in [-0.2, 0) is 0 Å².